The molecular weight excluding hydrogens is 483 g/mol. The summed E-state index contributed by atoms with van der Waals surface area (Å²) in [6.07, 6.45) is 5.47. The Morgan fingerprint density at radius 1 is 1.00 bits per heavy atom. The van der Waals surface area contributed by atoms with Crippen LogP contribution < -0.4 is 10.1 Å². The molecule has 0 aromatic heterocycles. The normalized spacial score (nSPS) is 21.3. The van der Waals surface area contributed by atoms with Gasteiger partial charge in [0.25, 0.3) is 0 Å². The van der Waals surface area contributed by atoms with E-state index in [-0.39, 0.29) is 0 Å². The summed E-state index contributed by atoms with van der Waals surface area (Å²) in [5.74, 6) is 1.46. The Bertz CT molecular complexity index is 927. The van der Waals surface area contributed by atoms with E-state index in [0.717, 1.165) is 37.5 Å². The van der Waals surface area contributed by atoms with Crippen LogP contribution in [0.15, 0.2) is 54.6 Å². The predicted molar refractivity (Wildman–Crippen MR) is 148 cm³/mol. The zero-order valence-electron chi connectivity index (χ0n) is 22.5. The summed E-state index contributed by atoms with van der Waals surface area (Å²) < 4.78 is 25.3. The van der Waals surface area contributed by atoms with Gasteiger partial charge in [-0.15, -0.1) is 0 Å². The highest BCUT2D eigenvalue weighted by molar-refractivity contribution is 5.31. The fourth-order valence-electron chi connectivity index (χ4n) is 5.55. The van der Waals surface area contributed by atoms with Crippen molar-refractivity contribution in [2.75, 3.05) is 32.8 Å². The lowest BCUT2D eigenvalue weighted by Crippen LogP contribution is -2.48. The molecule has 0 aliphatic carbocycles. The number of nitrogens with zero attached hydrogens (tertiary/aromatic N) is 1. The van der Waals surface area contributed by atoms with Gasteiger partial charge in [-0.2, -0.15) is 0 Å². The summed E-state index contributed by atoms with van der Waals surface area (Å²) in [5, 5.41) is 25.4. The molecule has 210 valence electrons. The molecule has 7 heteroatoms. The third-order valence-corrected chi connectivity index (χ3v) is 7.84. The number of unbranched alkanes of at least 4 members (excludes halogenated alkanes) is 2. The molecule has 6 nitrogen and oxygen atoms in total. The maximum atomic E-state index is 13.9. The number of hydrogen-bond donors (Lipinski definition) is 3. The van der Waals surface area contributed by atoms with Gasteiger partial charge in [-0.1, -0.05) is 61.7 Å². The van der Waals surface area contributed by atoms with E-state index in [1.807, 2.05) is 59.5 Å². The van der Waals surface area contributed by atoms with E-state index in [0.29, 0.717) is 50.4 Å². The second kappa shape index (κ2) is 15.5. The number of nitrogens with one attached hydrogen (secondary N) is 1. The minimum absolute atomic E-state index is 0.368. The summed E-state index contributed by atoms with van der Waals surface area (Å²) >= 11 is 0. The molecule has 2 saturated heterocycles. The lowest BCUT2D eigenvalue weighted by Gasteiger charge is -2.31. The molecule has 0 amide bonds. The number of hydrogen-bond acceptors (Lipinski definition) is 6. The van der Waals surface area contributed by atoms with Crippen molar-refractivity contribution in [2.24, 2.45) is 5.92 Å². The molecule has 2 aliphatic rings. The van der Waals surface area contributed by atoms with Crippen LogP contribution in [0, 0.1) is 5.92 Å². The summed E-state index contributed by atoms with van der Waals surface area (Å²) in [7, 11) is 0. The number of ether oxygens (including phenoxy) is 2. The van der Waals surface area contributed by atoms with E-state index >= 15 is 0 Å². The molecule has 2 heterocycles. The Balaban J connectivity index is 1.29. The van der Waals surface area contributed by atoms with Crippen LogP contribution in [0.1, 0.15) is 68.6 Å². The van der Waals surface area contributed by atoms with Gasteiger partial charge >= 0.3 is 0 Å². The van der Waals surface area contributed by atoms with Gasteiger partial charge in [-0.25, -0.2) is 4.39 Å². The first-order valence-electron chi connectivity index (χ1n) is 14.4. The average molecular weight is 529 g/mol. The van der Waals surface area contributed by atoms with Gasteiger partial charge in [-0.3, -0.25) is 10.2 Å². The minimum atomic E-state index is -0.864. The van der Waals surface area contributed by atoms with E-state index in [4.69, 9.17) is 9.47 Å². The van der Waals surface area contributed by atoms with E-state index in [1.54, 1.807) is 0 Å². The van der Waals surface area contributed by atoms with Gasteiger partial charge in [-0.05, 0) is 61.3 Å². The standard InChI is InChI=1S/C31H45FN2O4/c32-27-14-17-34(21-27)22-29(33-30(35)13-6-2-3-8-24-15-18-37-19-16-24)31(36)26-11-7-12-28(20-26)38-23-25-9-4-1-5-10-25/h1,4-5,7,9-12,20,24,27,29-31,33,35-36H,2-3,6,8,13-19,21-23H2/t27-,29-,30?,31-/m1/s1. The molecule has 2 fully saturated rings. The smallest absolute Gasteiger partial charge is 0.120 e. The highest BCUT2D eigenvalue weighted by Crippen LogP contribution is 2.25. The molecule has 2 aromatic rings. The minimum Gasteiger partial charge on any atom is -0.489 e. The van der Waals surface area contributed by atoms with Crippen molar-refractivity contribution in [1.29, 1.82) is 0 Å². The van der Waals surface area contributed by atoms with Gasteiger partial charge in [0.2, 0.25) is 0 Å². The summed E-state index contributed by atoms with van der Waals surface area (Å²) in [6, 6.07) is 17.0. The fraction of sp³-hybridized carbons (Fsp3) is 0.613. The van der Waals surface area contributed by atoms with Gasteiger partial charge in [0.05, 0.1) is 12.1 Å². The van der Waals surface area contributed by atoms with Crippen LogP contribution in [0.4, 0.5) is 4.39 Å². The van der Waals surface area contributed by atoms with Crippen LogP contribution >= 0.6 is 0 Å². The first-order valence-corrected chi connectivity index (χ1v) is 14.4. The van der Waals surface area contributed by atoms with Crippen molar-refractivity contribution in [3.8, 4) is 5.75 Å². The summed E-state index contributed by atoms with van der Waals surface area (Å²) in [6.45, 7) is 3.72. The number of alkyl halides is 1. The number of likely N-dealkylation sites (tertiary alicyclic amines) is 1. The van der Waals surface area contributed by atoms with Crippen LogP contribution in [-0.4, -0.2) is 66.4 Å². The lowest BCUT2D eigenvalue weighted by atomic mass is 9.93. The number of halogens is 1. The predicted octanol–water partition coefficient (Wildman–Crippen LogP) is 5.00. The highest BCUT2D eigenvalue weighted by Gasteiger charge is 2.29. The molecule has 2 aliphatic heterocycles. The van der Waals surface area contributed by atoms with E-state index < -0.39 is 24.5 Å². The lowest BCUT2D eigenvalue weighted by molar-refractivity contribution is 0.0453. The van der Waals surface area contributed by atoms with Crippen molar-refractivity contribution in [2.45, 2.75) is 82.5 Å². The third-order valence-electron chi connectivity index (χ3n) is 7.84. The van der Waals surface area contributed by atoms with E-state index in [1.165, 1.54) is 25.7 Å². The molecule has 0 spiro atoms. The van der Waals surface area contributed by atoms with Crippen LogP contribution in [0.5, 0.6) is 5.75 Å². The molecule has 0 saturated carbocycles. The third kappa shape index (κ3) is 9.62. The van der Waals surface area contributed by atoms with Gasteiger partial charge in [0.1, 0.15) is 24.8 Å². The van der Waals surface area contributed by atoms with Crippen LogP contribution in [-0.2, 0) is 11.3 Å². The first kappa shape index (κ1) is 29.0. The Morgan fingerprint density at radius 3 is 2.58 bits per heavy atom. The molecule has 4 rings (SSSR count). The number of aliphatic hydroxyl groups excluding tert-OH is 2. The first-order chi connectivity index (χ1) is 18.6. The second-order valence-electron chi connectivity index (χ2n) is 10.9. The molecular formula is C31H45FN2O4. The van der Waals surface area contributed by atoms with Crippen molar-refractivity contribution in [3.05, 3.63) is 65.7 Å². The van der Waals surface area contributed by atoms with Crippen molar-refractivity contribution >= 4 is 0 Å². The second-order valence-corrected chi connectivity index (χ2v) is 10.9. The molecule has 4 atom stereocenters. The Hall–Kier alpha value is -2.03. The van der Waals surface area contributed by atoms with E-state index in [9.17, 15) is 14.6 Å². The van der Waals surface area contributed by atoms with Crippen LogP contribution in [0.2, 0.25) is 0 Å². The van der Waals surface area contributed by atoms with Gasteiger partial charge in [0, 0.05) is 32.8 Å². The topological polar surface area (TPSA) is 74.2 Å². The summed E-state index contributed by atoms with van der Waals surface area (Å²) in [5.41, 5.74) is 1.79. The number of benzene rings is 2. The fourth-order valence-corrected chi connectivity index (χ4v) is 5.55. The average Bonchev–Trinajstić information content (AvgIpc) is 3.36. The Morgan fingerprint density at radius 2 is 1.82 bits per heavy atom. The van der Waals surface area contributed by atoms with Crippen molar-refractivity contribution in [1.82, 2.24) is 10.2 Å². The van der Waals surface area contributed by atoms with Gasteiger partial charge in [0.15, 0.2) is 0 Å². The Kier molecular flexibility index (Phi) is 11.8. The number of rotatable bonds is 15. The highest BCUT2D eigenvalue weighted by atomic mass is 19.1. The van der Waals surface area contributed by atoms with Crippen LogP contribution in [0.25, 0.3) is 0 Å². The van der Waals surface area contributed by atoms with Crippen LogP contribution in [0.3, 0.4) is 0 Å². The largest absolute Gasteiger partial charge is 0.489 e. The van der Waals surface area contributed by atoms with E-state index in [2.05, 4.69) is 5.32 Å². The van der Waals surface area contributed by atoms with Crippen molar-refractivity contribution in [3.63, 3.8) is 0 Å². The maximum Gasteiger partial charge on any atom is 0.120 e. The molecule has 0 bridgehead atoms. The molecule has 38 heavy (non-hydrogen) atoms. The number of aliphatic hydroxyl groups is 2. The Labute approximate surface area is 227 Å². The van der Waals surface area contributed by atoms with Gasteiger partial charge < -0.3 is 19.7 Å². The molecule has 2 aromatic carbocycles. The summed E-state index contributed by atoms with van der Waals surface area (Å²) in [4.78, 5) is 2.03. The SMILES string of the molecule is OC(CCCCCC1CCOCC1)N[C@H](CN1CC[C@@H](F)C1)[C@H](O)c1cccc(OCc2ccccc2)c1. The molecule has 3 N–H and O–H groups in total. The van der Waals surface area contributed by atoms with Crippen molar-refractivity contribution < 1.29 is 24.1 Å². The maximum absolute atomic E-state index is 13.9. The quantitative estimate of drug-likeness (QED) is 0.223. The molecule has 0 radical (unpaired) electrons. The zero-order valence-corrected chi connectivity index (χ0v) is 22.5. The monoisotopic (exact) mass is 528 g/mol. The molecule has 1 unspecified atom stereocenters. The zero-order chi connectivity index (χ0) is 26.6.